The van der Waals surface area contributed by atoms with E-state index in [1.165, 1.54) is 66.0 Å². The summed E-state index contributed by atoms with van der Waals surface area (Å²) in [5.41, 5.74) is 18.5. The Morgan fingerprint density at radius 1 is 0.258 bits per heavy atom. The van der Waals surface area contributed by atoms with Gasteiger partial charge >= 0.3 is 0 Å². The molecule has 0 radical (unpaired) electrons. The molecule has 0 aliphatic heterocycles. The van der Waals surface area contributed by atoms with Gasteiger partial charge in [0.05, 0.1) is 22.4 Å². The number of hydrogen-bond acceptors (Lipinski definition) is 1. The van der Waals surface area contributed by atoms with Gasteiger partial charge in [-0.05, 0) is 104 Å². The van der Waals surface area contributed by atoms with Crippen molar-refractivity contribution in [2.75, 3.05) is 4.90 Å². The molecule has 310 valence electrons. The summed E-state index contributed by atoms with van der Waals surface area (Å²) in [4.78, 5) is 2.43. The Labute approximate surface area is 385 Å². The molecule has 12 aromatic rings. The maximum Gasteiger partial charge on any atom is 0.0541 e. The number of rotatable bonds is 9. The molecule has 2 nitrogen and oxygen atoms in total. The van der Waals surface area contributed by atoms with Crippen molar-refractivity contribution in [1.29, 1.82) is 0 Å². The summed E-state index contributed by atoms with van der Waals surface area (Å²) in [5, 5.41) is 5.00. The van der Waals surface area contributed by atoms with Crippen molar-refractivity contribution in [3.63, 3.8) is 0 Å². The van der Waals surface area contributed by atoms with E-state index in [1.807, 2.05) is 0 Å². The molecular weight excluding hydrogens is 797 g/mol. The first kappa shape index (κ1) is 38.9. The Bertz CT molecular complexity index is 3620. The highest BCUT2D eigenvalue weighted by molar-refractivity contribution is 6.10. The van der Waals surface area contributed by atoms with Gasteiger partial charge in [-0.25, -0.2) is 0 Å². The number of benzene rings is 11. The fourth-order valence-electron chi connectivity index (χ4n) is 9.92. The first-order chi connectivity index (χ1) is 32.8. The largest absolute Gasteiger partial charge is 0.310 e. The molecule has 1 aromatic heterocycles. The van der Waals surface area contributed by atoms with E-state index in [2.05, 4.69) is 276 Å². The van der Waals surface area contributed by atoms with Gasteiger partial charge in [-0.1, -0.05) is 218 Å². The number of para-hydroxylation sites is 4. The fraction of sp³-hybridized carbons (Fsp3) is 0. The topological polar surface area (TPSA) is 8.17 Å². The van der Waals surface area contributed by atoms with Crippen LogP contribution in [0, 0.1) is 0 Å². The van der Waals surface area contributed by atoms with E-state index in [0.717, 1.165) is 45.0 Å². The van der Waals surface area contributed by atoms with Gasteiger partial charge in [0, 0.05) is 33.3 Å². The number of nitrogens with zero attached hydrogens (tertiary/aromatic N) is 2. The lowest BCUT2D eigenvalue weighted by Crippen LogP contribution is -2.11. The zero-order valence-electron chi connectivity index (χ0n) is 36.3. The maximum absolute atomic E-state index is 2.44. The molecule has 0 saturated heterocycles. The second kappa shape index (κ2) is 16.8. The molecule has 12 rings (SSSR count). The minimum atomic E-state index is 1.07. The van der Waals surface area contributed by atoms with Crippen molar-refractivity contribution >= 4 is 49.6 Å². The molecule has 0 amide bonds. The van der Waals surface area contributed by atoms with E-state index in [-0.39, 0.29) is 0 Å². The molecule has 0 bridgehead atoms. The molecule has 0 aliphatic carbocycles. The van der Waals surface area contributed by atoms with Gasteiger partial charge in [-0.3, -0.25) is 0 Å². The summed E-state index contributed by atoms with van der Waals surface area (Å²) in [6, 6.07) is 96.9. The van der Waals surface area contributed by atoms with Crippen LogP contribution in [0.25, 0.3) is 93.9 Å². The highest BCUT2D eigenvalue weighted by atomic mass is 15.1. The summed E-state index contributed by atoms with van der Waals surface area (Å²) in [6.45, 7) is 0. The predicted molar refractivity (Wildman–Crippen MR) is 280 cm³/mol. The van der Waals surface area contributed by atoms with E-state index < -0.39 is 0 Å². The molecule has 66 heavy (non-hydrogen) atoms. The third kappa shape index (κ3) is 6.93. The van der Waals surface area contributed by atoms with Crippen LogP contribution in [0.1, 0.15) is 0 Å². The summed E-state index contributed by atoms with van der Waals surface area (Å²) < 4.78 is 2.44. The minimum absolute atomic E-state index is 1.07. The first-order valence-electron chi connectivity index (χ1n) is 22.7. The van der Waals surface area contributed by atoms with Gasteiger partial charge in [0.25, 0.3) is 0 Å². The quantitative estimate of drug-likeness (QED) is 0.141. The van der Waals surface area contributed by atoms with Crippen molar-refractivity contribution in [3.8, 4) is 61.3 Å². The van der Waals surface area contributed by atoms with Crippen LogP contribution in [0.3, 0.4) is 0 Å². The van der Waals surface area contributed by atoms with Gasteiger partial charge in [-0.15, -0.1) is 0 Å². The molecule has 2 heteroatoms. The predicted octanol–water partition coefficient (Wildman–Crippen LogP) is 17.7. The lowest BCUT2D eigenvalue weighted by molar-refractivity contribution is 1.18. The Morgan fingerprint density at radius 3 is 1.44 bits per heavy atom. The fourth-order valence-corrected chi connectivity index (χ4v) is 9.92. The molecule has 0 atom stereocenters. The number of anilines is 3. The average molecular weight is 841 g/mol. The van der Waals surface area contributed by atoms with Crippen molar-refractivity contribution in [1.82, 2.24) is 4.57 Å². The third-order valence-corrected chi connectivity index (χ3v) is 13.0. The van der Waals surface area contributed by atoms with E-state index in [4.69, 9.17) is 0 Å². The Morgan fingerprint density at radius 2 is 0.727 bits per heavy atom. The van der Waals surface area contributed by atoms with Crippen LogP contribution >= 0.6 is 0 Å². The average Bonchev–Trinajstić information content (AvgIpc) is 3.74. The van der Waals surface area contributed by atoms with Crippen LogP contribution in [0.15, 0.2) is 267 Å². The molecule has 0 saturated carbocycles. The van der Waals surface area contributed by atoms with Gasteiger partial charge in [0.15, 0.2) is 0 Å². The Kier molecular flexibility index (Phi) is 9.89. The summed E-state index contributed by atoms with van der Waals surface area (Å²) in [7, 11) is 0. The van der Waals surface area contributed by atoms with Crippen molar-refractivity contribution in [2.45, 2.75) is 0 Å². The zero-order chi connectivity index (χ0) is 43.8. The smallest absolute Gasteiger partial charge is 0.0541 e. The standard InChI is InChI=1S/C64H44N2/c1-3-18-45(19-4-1)46-38-40-51(41-39-46)65(61-30-13-9-25-55(61)50-36-34-49(35-37-50)54-29-17-23-47-22-7-8-24-53(47)54)52-42-43-56(60(44-52)48-20-5-2-6-21-48)57-26-10-14-31-62(57)66-63-32-15-11-27-58(63)59-28-12-16-33-64(59)66/h1-44H. The van der Waals surface area contributed by atoms with Crippen LogP contribution in [0.5, 0.6) is 0 Å². The normalized spacial score (nSPS) is 11.3. The van der Waals surface area contributed by atoms with Gasteiger partial charge < -0.3 is 9.47 Å². The monoisotopic (exact) mass is 840 g/mol. The van der Waals surface area contributed by atoms with Crippen LogP contribution in [0.4, 0.5) is 17.1 Å². The number of fused-ring (bicyclic) bond motifs is 4. The lowest BCUT2D eigenvalue weighted by Gasteiger charge is -2.29. The molecule has 0 aliphatic rings. The van der Waals surface area contributed by atoms with E-state index in [1.54, 1.807) is 0 Å². The molecular formula is C64H44N2. The van der Waals surface area contributed by atoms with Gasteiger partial charge in [0.2, 0.25) is 0 Å². The Balaban J connectivity index is 1.04. The van der Waals surface area contributed by atoms with Crippen molar-refractivity contribution in [2.24, 2.45) is 0 Å². The molecule has 11 aromatic carbocycles. The Hall–Kier alpha value is -8.72. The second-order valence-electron chi connectivity index (χ2n) is 16.9. The second-order valence-corrected chi connectivity index (χ2v) is 16.9. The molecule has 0 N–H and O–H groups in total. The van der Waals surface area contributed by atoms with Crippen LogP contribution < -0.4 is 4.90 Å². The van der Waals surface area contributed by atoms with E-state index in [0.29, 0.717) is 0 Å². The SMILES string of the molecule is c1ccc(-c2ccc(N(c3ccc(-c4ccccc4-n4c5ccccc5c5ccccc54)c(-c4ccccc4)c3)c3ccccc3-c3ccc(-c4cccc5ccccc45)cc3)cc2)cc1. The van der Waals surface area contributed by atoms with Crippen LogP contribution in [-0.4, -0.2) is 4.57 Å². The third-order valence-electron chi connectivity index (χ3n) is 13.0. The summed E-state index contributed by atoms with van der Waals surface area (Å²) in [6.07, 6.45) is 0. The molecule has 0 spiro atoms. The van der Waals surface area contributed by atoms with Crippen molar-refractivity contribution < 1.29 is 0 Å². The van der Waals surface area contributed by atoms with Gasteiger partial charge in [-0.2, -0.15) is 0 Å². The molecule has 0 fully saturated rings. The van der Waals surface area contributed by atoms with E-state index in [9.17, 15) is 0 Å². The summed E-state index contributed by atoms with van der Waals surface area (Å²) >= 11 is 0. The van der Waals surface area contributed by atoms with E-state index >= 15 is 0 Å². The maximum atomic E-state index is 2.44. The number of aromatic nitrogens is 1. The van der Waals surface area contributed by atoms with Crippen molar-refractivity contribution in [3.05, 3.63) is 267 Å². The molecule has 0 unspecified atom stereocenters. The first-order valence-corrected chi connectivity index (χ1v) is 22.7. The van der Waals surface area contributed by atoms with Crippen LogP contribution in [0.2, 0.25) is 0 Å². The lowest BCUT2D eigenvalue weighted by atomic mass is 9.92. The van der Waals surface area contributed by atoms with Crippen LogP contribution in [-0.2, 0) is 0 Å². The van der Waals surface area contributed by atoms with Gasteiger partial charge in [0.1, 0.15) is 0 Å². The molecule has 1 heterocycles. The number of hydrogen-bond donors (Lipinski definition) is 0. The summed E-state index contributed by atoms with van der Waals surface area (Å²) in [5.74, 6) is 0. The highest BCUT2D eigenvalue weighted by Crippen LogP contribution is 2.46. The highest BCUT2D eigenvalue weighted by Gasteiger charge is 2.22. The zero-order valence-corrected chi connectivity index (χ0v) is 36.3. The minimum Gasteiger partial charge on any atom is -0.310 e.